The number of nitrogens with one attached hydrogen (secondary N) is 1. The minimum atomic E-state index is -3.87. The molecular formula is C21H22FN5O5S. The summed E-state index contributed by atoms with van der Waals surface area (Å²) in [7, 11) is -1.02. The van der Waals surface area contributed by atoms with Crippen molar-refractivity contribution in [3.63, 3.8) is 0 Å². The molecule has 1 saturated heterocycles. The third-order valence-electron chi connectivity index (χ3n) is 5.77. The molecule has 0 radical (unpaired) electrons. The van der Waals surface area contributed by atoms with Crippen LogP contribution in [0.1, 0.15) is 12.8 Å². The van der Waals surface area contributed by atoms with E-state index < -0.39 is 38.9 Å². The highest BCUT2D eigenvalue weighted by atomic mass is 32.2. The minimum Gasteiger partial charge on any atom is -0.324 e. The Morgan fingerprint density at radius 2 is 1.85 bits per heavy atom. The molecule has 2 aromatic heterocycles. The highest BCUT2D eigenvalue weighted by Gasteiger charge is 2.33. The lowest BCUT2D eigenvalue weighted by molar-refractivity contribution is -0.120. The van der Waals surface area contributed by atoms with E-state index in [1.807, 2.05) is 0 Å². The van der Waals surface area contributed by atoms with E-state index in [4.69, 9.17) is 0 Å². The van der Waals surface area contributed by atoms with Crippen molar-refractivity contribution in [1.82, 2.24) is 18.4 Å². The maximum Gasteiger partial charge on any atom is 0.332 e. The summed E-state index contributed by atoms with van der Waals surface area (Å²) in [5.41, 5.74) is -0.593. The van der Waals surface area contributed by atoms with Crippen LogP contribution in [0.15, 0.2) is 51.0 Å². The molecule has 1 atom stereocenters. The Labute approximate surface area is 188 Å². The van der Waals surface area contributed by atoms with Crippen molar-refractivity contribution in [2.45, 2.75) is 17.7 Å². The Morgan fingerprint density at radius 3 is 2.55 bits per heavy atom. The van der Waals surface area contributed by atoms with Crippen LogP contribution in [-0.4, -0.2) is 45.8 Å². The maximum absolute atomic E-state index is 13.2. The lowest BCUT2D eigenvalue weighted by Crippen LogP contribution is -2.43. The first-order chi connectivity index (χ1) is 15.6. The zero-order chi connectivity index (χ0) is 23.9. The highest BCUT2D eigenvalue weighted by Crippen LogP contribution is 2.25. The number of hydrogen-bond acceptors (Lipinski definition) is 6. The molecule has 1 aromatic carbocycles. The van der Waals surface area contributed by atoms with Gasteiger partial charge in [0.2, 0.25) is 15.9 Å². The maximum atomic E-state index is 13.2. The fourth-order valence-electron chi connectivity index (χ4n) is 3.91. The van der Waals surface area contributed by atoms with Crippen molar-refractivity contribution in [3.05, 3.63) is 63.2 Å². The average molecular weight is 476 g/mol. The number of aromatic nitrogens is 3. The van der Waals surface area contributed by atoms with E-state index in [-0.39, 0.29) is 34.7 Å². The van der Waals surface area contributed by atoms with Gasteiger partial charge in [-0.15, -0.1) is 0 Å². The Bertz CT molecular complexity index is 1460. The van der Waals surface area contributed by atoms with Crippen molar-refractivity contribution < 1.29 is 17.6 Å². The Morgan fingerprint density at radius 1 is 1.15 bits per heavy atom. The standard InChI is InChI=1S/C21H22FN5O5S/c1-25-18-17(20(29)26(2)21(25)30)10-15(11-23-18)24-19(28)13-4-3-9-27(12-13)33(31,32)16-7-5-14(22)6-8-16/h5-8,10-11,13H,3-4,9,12H2,1-2H3,(H,24,28). The summed E-state index contributed by atoms with van der Waals surface area (Å²) in [5, 5.41) is 2.86. The average Bonchev–Trinajstić information content (AvgIpc) is 2.81. The summed E-state index contributed by atoms with van der Waals surface area (Å²) in [5.74, 6) is -1.56. The smallest absolute Gasteiger partial charge is 0.324 e. The summed E-state index contributed by atoms with van der Waals surface area (Å²) in [6, 6.07) is 5.99. The Balaban J connectivity index is 1.55. The molecule has 0 spiro atoms. The van der Waals surface area contributed by atoms with Gasteiger partial charge in [-0.25, -0.2) is 22.6 Å². The molecule has 1 N–H and O–H groups in total. The van der Waals surface area contributed by atoms with E-state index >= 15 is 0 Å². The van der Waals surface area contributed by atoms with Crippen LogP contribution in [0.5, 0.6) is 0 Å². The Kier molecular flexibility index (Phi) is 5.89. The van der Waals surface area contributed by atoms with Gasteiger partial charge in [-0.05, 0) is 43.2 Å². The van der Waals surface area contributed by atoms with E-state index in [1.54, 1.807) is 0 Å². The van der Waals surface area contributed by atoms with Gasteiger partial charge in [-0.3, -0.25) is 18.7 Å². The molecule has 12 heteroatoms. The lowest BCUT2D eigenvalue weighted by Gasteiger charge is -2.31. The van der Waals surface area contributed by atoms with Crippen LogP contribution in [0.2, 0.25) is 0 Å². The van der Waals surface area contributed by atoms with Gasteiger partial charge in [0, 0.05) is 27.2 Å². The first kappa shape index (κ1) is 22.8. The Hall–Kier alpha value is -3.38. The number of amides is 1. The molecule has 10 nitrogen and oxygen atoms in total. The first-order valence-corrected chi connectivity index (χ1v) is 11.7. The predicted octanol–water partition coefficient (Wildman–Crippen LogP) is 0.811. The molecule has 3 aromatic rings. The van der Waals surface area contributed by atoms with Gasteiger partial charge in [0.25, 0.3) is 5.56 Å². The van der Waals surface area contributed by atoms with Gasteiger partial charge >= 0.3 is 5.69 Å². The zero-order valence-corrected chi connectivity index (χ0v) is 18.8. The summed E-state index contributed by atoms with van der Waals surface area (Å²) in [4.78, 5) is 41.5. The number of rotatable bonds is 4. The van der Waals surface area contributed by atoms with E-state index in [0.717, 1.165) is 16.7 Å². The van der Waals surface area contributed by atoms with Crippen LogP contribution in [-0.2, 0) is 28.9 Å². The van der Waals surface area contributed by atoms with Crippen LogP contribution >= 0.6 is 0 Å². The summed E-state index contributed by atoms with van der Waals surface area (Å²) < 4.78 is 42.4. The van der Waals surface area contributed by atoms with Gasteiger partial charge in [0.15, 0.2) is 0 Å². The number of halogens is 1. The lowest BCUT2D eigenvalue weighted by atomic mass is 9.99. The summed E-state index contributed by atoms with van der Waals surface area (Å²) >= 11 is 0. The molecule has 1 amide bonds. The van der Waals surface area contributed by atoms with Gasteiger partial charge in [-0.1, -0.05) is 0 Å². The number of sulfonamides is 1. The molecule has 0 saturated carbocycles. The van der Waals surface area contributed by atoms with Gasteiger partial charge in [0.05, 0.1) is 28.1 Å². The van der Waals surface area contributed by atoms with E-state index in [1.165, 1.54) is 47.4 Å². The van der Waals surface area contributed by atoms with Gasteiger partial charge < -0.3 is 5.32 Å². The fraction of sp³-hybridized carbons (Fsp3) is 0.333. The molecule has 4 rings (SSSR count). The van der Waals surface area contributed by atoms with Crippen molar-refractivity contribution in [3.8, 4) is 0 Å². The van der Waals surface area contributed by atoms with E-state index in [0.29, 0.717) is 12.8 Å². The topological polar surface area (TPSA) is 123 Å². The number of piperidine rings is 1. The number of pyridine rings is 1. The van der Waals surface area contributed by atoms with Crippen molar-refractivity contribution in [2.24, 2.45) is 20.0 Å². The molecule has 0 bridgehead atoms. The number of anilines is 1. The second-order valence-electron chi connectivity index (χ2n) is 7.95. The van der Waals surface area contributed by atoms with Gasteiger partial charge in [0.1, 0.15) is 11.5 Å². The normalized spacial score (nSPS) is 17.2. The number of hydrogen-bond donors (Lipinski definition) is 1. The van der Waals surface area contributed by atoms with Crippen LogP contribution < -0.4 is 16.6 Å². The third-order valence-corrected chi connectivity index (χ3v) is 7.65. The zero-order valence-electron chi connectivity index (χ0n) is 18.0. The number of aryl methyl sites for hydroxylation is 1. The second kappa shape index (κ2) is 8.52. The van der Waals surface area contributed by atoms with E-state index in [2.05, 4.69) is 10.3 Å². The quantitative estimate of drug-likeness (QED) is 0.596. The molecular weight excluding hydrogens is 453 g/mol. The molecule has 0 aliphatic carbocycles. The van der Waals surface area contributed by atoms with Crippen LogP contribution in [0.3, 0.4) is 0 Å². The number of carbonyl (C=O) groups is 1. The molecule has 174 valence electrons. The molecule has 1 fully saturated rings. The van der Waals surface area contributed by atoms with Gasteiger partial charge in [-0.2, -0.15) is 4.31 Å². The SMILES string of the molecule is Cn1c(=O)c2cc(NC(=O)C3CCCN(S(=O)(=O)c4ccc(F)cc4)C3)cnc2n(C)c1=O. The predicted molar refractivity (Wildman–Crippen MR) is 119 cm³/mol. The van der Waals surface area contributed by atoms with Crippen LogP contribution in [0, 0.1) is 11.7 Å². The van der Waals surface area contributed by atoms with Crippen molar-refractivity contribution >= 4 is 32.7 Å². The summed E-state index contributed by atoms with van der Waals surface area (Å²) in [6.07, 6.45) is 2.31. The van der Waals surface area contributed by atoms with Crippen molar-refractivity contribution in [1.29, 1.82) is 0 Å². The van der Waals surface area contributed by atoms with Crippen LogP contribution in [0.25, 0.3) is 11.0 Å². The third kappa shape index (κ3) is 4.18. The first-order valence-electron chi connectivity index (χ1n) is 10.2. The molecule has 33 heavy (non-hydrogen) atoms. The highest BCUT2D eigenvalue weighted by molar-refractivity contribution is 7.89. The number of benzene rings is 1. The molecule has 3 heterocycles. The largest absolute Gasteiger partial charge is 0.332 e. The summed E-state index contributed by atoms with van der Waals surface area (Å²) in [6.45, 7) is 0.230. The molecule has 1 aliphatic rings. The molecule has 1 aliphatic heterocycles. The minimum absolute atomic E-state index is 0.0250. The van der Waals surface area contributed by atoms with Crippen molar-refractivity contribution in [2.75, 3.05) is 18.4 Å². The number of carbonyl (C=O) groups excluding carboxylic acids is 1. The monoisotopic (exact) mass is 475 g/mol. The second-order valence-corrected chi connectivity index (χ2v) is 9.88. The van der Waals surface area contributed by atoms with E-state index in [9.17, 15) is 27.2 Å². The molecule has 1 unspecified atom stereocenters. The fourth-order valence-corrected chi connectivity index (χ4v) is 5.43. The van der Waals surface area contributed by atoms with Crippen LogP contribution in [0.4, 0.5) is 10.1 Å². The number of nitrogens with zero attached hydrogens (tertiary/aromatic N) is 4. The number of fused-ring (bicyclic) bond motifs is 1.